The Kier molecular flexibility index (Phi) is 2.62. The van der Waals surface area contributed by atoms with Gasteiger partial charge in [0, 0.05) is 7.05 Å². The smallest absolute Gasteiger partial charge is 0.230 e. The second-order valence-corrected chi connectivity index (χ2v) is 3.71. The van der Waals surface area contributed by atoms with Crippen LogP contribution in [0.4, 0.5) is 5.69 Å². The van der Waals surface area contributed by atoms with Gasteiger partial charge in [-0.1, -0.05) is 13.0 Å². The fourth-order valence-corrected chi connectivity index (χ4v) is 1.72. The Morgan fingerprint density at radius 2 is 2.27 bits per heavy atom. The van der Waals surface area contributed by atoms with E-state index >= 15 is 0 Å². The second-order valence-electron chi connectivity index (χ2n) is 3.71. The van der Waals surface area contributed by atoms with Crippen LogP contribution in [0.5, 0.6) is 5.75 Å². The minimum absolute atomic E-state index is 0.113. The van der Waals surface area contributed by atoms with Crippen LogP contribution in [-0.4, -0.2) is 19.6 Å². The number of hydrogen-bond donors (Lipinski definition) is 0. The van der Waals surface area contributed by atoms with Crippen molar-refractivity contribution in [2.75, 3.05) is 18.6 Å². The number of benzene rings is 1. The number of rotatable bonds is 1. The van der Waals surface area contributed by atoms with Gasteiger partial charge in [-0.25, -0.2) is 0 Å². The van der Waals surface area contributed by atoms with Crippen molar-refractivity contribution in [3.05, 3.63) is 23.8 Å². The Labute approximate surface area is 89.7 Å². The molecule has 2 rings (SSSR count). The summed E-state index contributed by atoms with van der Waals surface area (Å²) in [7, 11) is 1.80. The predicted octanol–water partition coefficient (Wildman–Crippen LogP) is 1.99. The third kappa shape index (κ3) is 1.82. The predicted molar refractivity (Wildman–Crippen MR) is 59.3 cm³/mol. The van der Waals surface area contributed by atoms with Crippen LogP contribution in [0.25, 0.3) is 0 Å². The maximum Gasteiger partial charge on any atom is 0.230 e. The quantitative estimate of drug-likeness (QED) is 0.701. The summed E-state index contributed by atoms with van der Waals surface area (Å²) in [5.74, 6) is 0.919. The second kappa shape index (κ2) is 3.93. The van der Waals surface area contributed by atoms with Gasteiger partial charge >= 0.3 is 0 Å². The van der Waals surface area contributed by atoms with Crippen molar-refractivity contribution < 1.29 is 9.53 Å². The molecule has 1 aliphatic rings. The zero-order chi connectivity index (χ0) is 10.8. The summed E-state index contributed by atoms with van der Waals surface area (Å²) in [5.41, 5.74) is 2.11. The molecule has 80 valence electrons. The highest BCUT2D eigenvalue weighted by molar-refractivity contribution is 5.95. The van der Waals surface area contributed by atoms with Gasteiger partial charge in [-0.2, -0.15) is 0 Å². The summed E-state index contributed by atoms with van der Waals surface area (Å²) in [6, 6.07) is 6.02. The van der Waals surface area contributed by atoms with Crippen LogP contribution in [0.3, 0.4) is 0 Å². The summed E-state index contributed by atoms with van der Waals surface area (Å²) in [6.45, 7) is 2.57. The van der Waals surface area contributed by atoms with Gasteiger partial charge in [-0.3, -0.25) is 4.79 Å². The lowest BCUT2D eigenvalue weighted by Gasteiger charge is -2.16. The fraction of sp³-hybridized carbons (Fsp3) is 0.417. The first kappa shape index (κ1) is 10.0. The van der Waals surface area contributed by atoms with Crippen LogP contribution >= 0.6 is 0 Å². The van der Waals surface area contributed by atoms with E-state index in [0.717, 1.165) is 17.9 Å². The third-order valence-corrected chi connectivity index (χ3v) is 2.74. The molecular weight excluding hydrogens is 190 g/mol. The van der Waals surface area contributed by atoms with E-state index in [-0.39, 0.29) is 5.91 Å². The molecule has 3 nitrogen and oxygen atoms in total. The summed E-state index contributed by atoms with van der Waals surface area (Å²) in [6.07, 6.45) is 1.42. The molecule has 0 saturated carbocycles. The molecular formula is C12H15NO2. The van der Waals surface area contributed by atoms with Gasteiger partial charge in [0.25, 0.3) is 0 Å². The fourth-order valence-electron chi connectivity index (χ4n) is 1.72. The third-order valence-electron chi connectivity index (χ3n) is 2.74. The molecule has 15 heavy (non-hydrogen) atoms. The van der Waals surface area contributed by atoms with Crippen LogP contribution in [-0.2, 0) is 11.2 Å². The van der Waals surface area contributed by atoms with Gasteiger partial charge in [-0.15, -0.1) is 0 Å². The average Bonchev–Trinajstić information content (AvgIpc) is 2.40. The number of carbonyl (C=O) groups is 1. The van der Waals surface area contributed by atoms with Gasteiger partial charge in [0.05, 0.1) is 18.7 Å². The Morgan fingerprint density at radius 3 is 3.00 bits per heavy atom. The molecule has 0 fully saturated rings. The summed E-state index contributed by atoms with van der Waals surface area (Å²) < 4.78 is 5.53. The molecule has 0 aliphatic carbocycles. The molecule has 0 aromatic heterocycles. The van der Waals surface area contributed by atoms with E-state index in [1.54, 1.807) is 11.9 Å². The lowest BCUT2D eigenvalue weighted by molar-refractivity contribution is -0.118. The summed E-state index contributed by atoms with van der Waals surface area (Å²) in [4.78, 5) is 13.3. The Balaban J connectivity index is 2.45. The van der Waals surface area contributed by atoms with Crippen LogP contribution in [0.15, 0.2) is 18.2 Å². The van der Waals surface area contributed by atoms with Crippen LogP contribution < -0.4 is 9.64 Å². The highest BCUT2D eigenvalue weighted by atomic mass is 16.5. The number of nitrogens with zero attached hydrogens (tertiary/aromatic N) is 1. The number of carbonyl (C=O) groups excluding carboxylic acids is 1. The van der Waals surface area contributed by atoms with Crippen LogP contribution in [0.2, 0.25) is 0 Å². The monoisotopic (exact) mass is 205 g/mol. The van der Waals surface area contributed by atoms with Crippen molar-refractivity contribution in [1.82, 2.24) is 0 Å². The van der Waals surface area contributed by atoms with Gasteiger partial charge in [-0.05, 0) is 24.1 Å². The van der Waals surface area contributed by atoms with Crippen molar-refractivity contribution in [3.63, 3.8) is 0 Å². The van der Waals surface area contributed by atoms with Crippen LogP contribution in [0.1, 0.15) is 18.9 Å². The van der Waals surface area contributed by atoms with E-state index in [4.69, 9.17) is 4.74 Å². The first-order chi connectivity index (χ1) is 7.22. The topological polar surface area (TPSA) is 29.5 Å². The highest BCUT2D eigenvalue weighted by Crippen LogP contribution is 2.31. The Hall–Kier alpha value is -1.51. The van der Waals surface area contributed by atoms with Crippen molar-refractivity contribution in [3.8, 4) is 5.75 Å². The molecule has 0 N–H and O–H groups in total. The number of ether oxygens (including phenoxy) is 1. The van der Waals surface area contributed by atoms with Gasteiger partial charge in [0.1, 0.15) is 5.75 Å². The molecule has 0 radical (unpaired) electrons. The molecule has 0 unspecified atom stereocenters. The molecule has 0 saturated heterocycles. The average molecular weight is 205 g/mol. The van der Waals surface area contributed by atoms with E-state index in [2.05, 4.69) is 6.92 Å². The minimum atomic E-state index is 0.113. The molecule has 1 amide bonds. The lowest BCUT2D eigenvalue weighted by Crippen LogP contribution is -2.25. The maximum absolute atomic E-state index is 11.6. The summed E-state index contributed by atoms with van der Waals surface area (Å²) in [5, 5.41) is 0. The van der Waals surface area contributed by atoms with E-state index in [9.17, 15) is 4.79 Å². The van der Waals surface area contributed by atoms with Crippen molar-refractivity contribution in [2.45, 2.75) is 19.8 Å². The first-order valence-electron chi connectivity index (χ1n) is 5.24. The zero-order valence-electron chi connectivity index (χ0n) is 9.12. The standard InChI is InChI=1S/C12H15NO2/c1-3-9-4-5-11-10(8-9)13(2)12(14)6-7-15-11/h4-5,8H,3,6-7H2,1-2H3. The van der Waals surface area contributed by atoms with E-state index in [0.29, 0.717) is 13.0 Å². The molecule has 1 aromatic carbocycles. The molecule has 1 heterocycles. The number of anilines is 1. The SMILES string of the molecule is CCc1ccc2c(c1)N(C)C(=O)CCO2. The summed E-state index contributed by atoms with van der Waals surface area (Å²) >= 11 is 0. The van der Waals surface area contributed by atoms with Crippen molar-refractivity contribution in [1.29, 1.82) is 0 Å². The number of hydrogen-bond acceptors (Lipinski definition) is 2. The molecule has 0 spiro atoms. The highest BCUT2D eigenvalue weighted by Gasteiger charge is 2.19. The van der Waals surface area contributed by atoms with Gasteiger partial charge < -0.3 is 9.64 Å². The maximum atomic E-state index is 11.6. The van der Waals surface area contributed by atoms with E-state index < -0.39 is 0 Å². The molecule has 1 aromatic rings. The van der Waals surface area contributed by atoms with Gasteiger partial charge in [0.15, 0.2) is 0 Å². The van der Waals surface area contributed by atoms with E-state index in [1.165, 1.54) is 5.56 Å². The van der Waals surface area contributed by atoms with Crippen LogP contribution in [0, 0.1) is 0 Å². The molecule has 0 atom stereocenters. The number of aryl methyl sites for hydroxylation is 1. The van der Waals surface area contributed by atoms with Crippen molar-refractivity contribution in [2.24, 2.45) is 0 Å². The molecule has 0 bridgehead atoms. The van der Waals surface area contributed by atoms with Crippen molar-refractivity contribution >= 4 is 11.6 Å². The number of amides is 1. The number of fused-ring (bicyclic) bond motifs is 1. The van der Waals surface area contributed by atoms with Gasteiger partial charge in [0.2, 0.25) is 5.91 Å². The normalized spacial score (nSPS) is 15.6. The first-order valence-corrected chi connectivity index (χ1v) is 5.24. The Bertz CT molecular complexity index is 387. The lowest BCUT2D eigenvalue weighted by atomic mass is 10.1. The largest absolute Gasteiger partial charge is 0.491 e. The molecule has 1 aliphatic heterocycles. The molecule has 3 heteroatoms. The van der Waals surface area contributed by atoms with E-state index in [1.807, 2.05) is 18.2 Å². The zero-order valence-corrected chi connectivity index (χ0v) is 9.12. The minimum Gasteiger partial charge on any atom is -0.491 e. The Morgan fingerprint density at radius 1 is 1.47 bits per heavy atom.